The second-order valence-corrected chi connectivity index (χ2v) is 19.3. The van der Waals surface area contributed by atoms with Gasteiger partial charge in [0, 0.05) is 0 Å². The maximum absolute atomic E-state index is 6.96. The summed E-state index contributed by atoms with van der Waals surface area (Å²) in [4.78, 5) is 4.91. The van der Waals surface area contributed by atoms with E-state index in [0.29, 0.717) is 0 Å². The van der Waals surface area contributed by atoms with Crippen LogP contribution >= 0.6 is 15.9 Å². The average molecular weight is 593 g/mol. The summed E-state index contributed by atoms with van der Waals surface area (Å²) in [6.45, 7) is 11.3. The van der Waals surface area contributed by atoms with E-state index in [2.05, 4.69) is 86.9 Å². The number of halogens is 1. The molecular weight excluding hydrogens is 557 g/mol. The SMILES string of the molecule is CCC[CH2][Sn]1([CH2]CCC)[O]c2ccc(Br)cc2C=Nc2cc(C(C)(C)CC)ccc2[O]1. The molecule has 1 heterocycles. The first-order valence-electron chi connectivity index (χ1n) is 11.7. The Balaban J connectivity index is 2.16. The van der Waals surface area contributed by atoms with Gasteiger partial charge in [-0.25, -0.2) is 0 Å². The third-order valence-electron chi connectivity index (χ3n) is 6.35. The fourth-order valence-corrected chi connectivity index (χ4v) is 14.6. The molecule has 1 aliphatic rings. The van der Waals surface area contributed by atoms with Crippen molar-refractivity contribution in [1.82, 2.24) is 0 Å². The van der Waals surface area contributed by atoms with Crippen LogP contribution in [-0.2, 0) is 5.41 Å². The predicted molar refractivity (Wildman–Crippen MR) is 138 cm³/mol. The van der Waals surface area contributed by atoms with Crippen LogP contribution in [0.15, 0.2) is 45.9 Å². The maximum atomic E-state index is 6.96. The van der Waals surface area contributed by atoms with E-state index in [-0.39, 0.29) is 5.41 Å². The molecule has 0 unspecified atom stereocenters. The number of unbranched alkanes of at least 4 members (excludes halogenated alkanes) is 2. The van der Waals surface area contributed by atoms with Crippen LogP contribution in [0.1, 0.15) is 77.8 Å². The quantitative estimate of drug-likeness (QED) is 0.287. The number of benzene rings is 2. The summed E-state index contributed by atoms with van der Waals surface area (Å²) >= 11 is 0.151. The van der Waals surface area contributed by atoms with Gasteiger partial charge >= 0.3 is 203 Å². The predicted octanol–water partition coefficient (Wildman–Crippen LogP) is 8.70. The van der Waals surface area contributed by atoms with Crippen molar-refractivity contribution in [2.24, 2.45) is 4.99 Å². The van der Waals surface area contributed by atoms with Gasteiger partial charge < -0.3 is 0 Å². The van der Waals surface area contributed by atoms with Crippen LogP contribution in [0.3, 0.4) is 0 Å². The molecule has 0 saturated heterocycles. The van der Waals surface area contributed by atoms with Crippen molar-refractivity contribution in [1.29, 1.82) is 0 Å². The zero-order valence-corrected chi connectivity index (χ0v) is 24.1. The van der Waals surface area contributed by atoms with E-state index in [1.54, 1.807) is 0 Å². The Morgan fingerprint density at radius 3 is 2.19 bits per heavy atom. The Morgan fingerprint density at radius 1 is 0.903 bits per heavy atom. The van der Waals surface area contributed by atoms with Crippen LogP contribution in [0, 0.1) is 0 Å². The Hall–Kier alpha value is -1.01. The normalized spacial score (nSPS) is 15.0. The standard InChI is InChI=1S/C18H20BrNO2.2C4H9.Sn/c1-4-18(2,3)13-5-7-17(22)15(10-13)20-11-12-9-14(19)6-8-16(12)21;2*1-3-4-2;/h5-11,21-22H,4H2,1-3H3;2*1,3-4H2,2H3;/q;;;+2/p-2. The fourth-order valence-electron chi connectivity index (χ4n) is 3.82. The molecule has 3 nitrogen and oxygen atoms in total. The Kier molecular flexibility index (Phi) is 8.53. The van der Waals surface area contributed by atoms with Gasteiger partial charge in [0.15, 0.2) is 0 Å². The third kappa shape index (κ3) is 6.07. The van der Waals surface area contributed by atoms with Crippen molar-refractivity contribution in [3.63, 3.8) is 0 Å². The zero-order valence-electron chi connectivity index (χ0n) is 19.6. The molecule has 0 bridgehead atoms. The van der Waals surface area contributed by atoms with Gasteiger partial charge in [-0.3, -0.25) is 0 Å². The molecule has 0 fully saturated rings. The van der Waals surface area contributed by atoms with Crippen LogP contribution in [0.2, 0.25) is 8.87 Å². The van der Waals surface area contributed by atoms with Crippen molar-refractivity contribution in [3.05, 3.63) is 52.0 Å². The minimum atomic E-state index is -3.46. The molecule has 0 N–H and O–H groups in total. The number of aliphatic imine (C=N–C) groups is 1. The van der Waals surface area contributed by atoms with Gasteiger partial charge in [0.25, 0.3) is 0 Å². The molecule has 1 aliphatic heterocycles. The summed E-state index contributed by atoms with van der Waals surface area (Å²) < 4.78 is 17.0. The van der Waals surface area contributed by atoms with Crippen LogP contribution in [-0.4, -0.2) is 25.4 Å². The first-order chi connectivity index (χ1) is 14.8. The Morgan fingerprint density at radius 2 is 1.55 bits per heavy atom. The van der Waals surface area contributed by atoms with Crippen LogP contribution in [0.5, 0.6) is 11.5 Å². The van der Waals surface area contributed by atoms with Gasteiger partial charge in [-0.2, -0.15) is 0 Å². The van der Waals surface area contributed by atoms with E-state index < -0.39 is 19.2 Å². The van der Waals surface area contributed by atoms with Gasteiger partial charge in [-0.05, 0) is 0 Å². The van der Waals surface area contributed by atoms with Crippen molar-refractivity contribution < 1.29 is 6.15 Å². The van der Waals surface area contributed by atoms with E-state index in [1.165, 1.54) is 5.56 Å². The van der Waals surface area contributed by atoms with Gasteiger partial charge in [0.05, 0.1) is 0 Å². The van der Waals surface area contributed by atoms with Crippen molar-refractivity contribution in [3.8, 4) is 11.5 Å². The first kappa shape index (κ1) is 24.6. The van der Waals surface area contributed by atoms with E-state index in [0.717, 1.165) is 68.2 Å². The molecule has 2 aromatic rings. The second-order valence-electron chi connectivity index (χ2n) is 9.18. The number of nitrogens with zero attached hydrogens (tertiary/aromatic N) is 1. The number of fused-ring (bicyclic) bond motifs is 2. The van der Waals surface area contributed by atoms with Gasteiger partial charge in [0.1, 0.15) is 0 Å². The van der Waals surface area contributed by atoms with E-state index >= 15 is 0 Å². The van der Waals surface area contributed by atoms with Crippen molar-refractivity contribution >= 4 is 47.0 Å². The van der Waals surface area contributed by atoms with E-state index in [1.807, 2.05) is 6.21 Å². The van der Waals surface area contributed by atoms with Crippen LogP contribution < -0.4 is 6.15 Å². The molecule has 0 saturated carbocycles. The van der Waals surface area contributed by atoms with Gasteiger partial charge in [-0.15, -0.1) is 0 Å². The van der Waals surface area contributed by atoms with E-state index in [9.17, 15) is 0 Å². The second kappa shape index (κ2) is 10.7. The summed E-state index contributed by atoms with van der Waals surface area (Å²) in [5.41, 5.74) is 3.34. The van der Waals surface area contributed by atoms with Gasteiger partial charge in [-0.1, -0.05) is 0 Å². The fraction of sp³-hybridized carbons (Fsp3) is 0.500. The minimum absolute atomic E-state index is 0.102. The number of rotatable bonds is 8. The molecule has 0 aromatic heterocycles. The summed E-state index contributed by atoms with van der Waals surface area (Å²) in [6, 6.07) is 12.8. The monoisotopic (exact) mass is 593 g/mol. The third-order valence-corrected chi connectivity index (χ3v) is 16.6. The summed E-state index contributed by atoms with van der Waals surface area (Å²) in [7, 11) is 0. The molecule has 5 heteroatoms. The molecule has 0 spiro atoms. The molecular formula is C26H36BrNO2Sn. The molecule has 168 valence electrons. The molecule has 31 heavy (non-hydrogen) atoms. The Bertz CT molecular complexity index is 918. The van der Waals surface area contributed by atoms with Crippen molar-refractivity contribution in [2.75, 3.05) is 0 Å². The van der Waals surface area contributed by atoms with Crippen LogP contribution in [0.25, 0.3) is 0 Å². The topological polar surface area (TPSA) is 30.8 Å². The summed E-state index contributed by atoms with van der Waals surface area (Å²) in [6.07, 6.45) is 7.60. The zero-order chi connectivity index (χ0) is 22.5. The summed E-state index contributed by atoms with van der Waals surface area (Å²) in [5.74, 6) is 1.80. The average Bonchev–Trinajstić information content (AvgIpc) is 2.82. The molecule has 2 aromatic carbocycles. The number of hydrogen-bond acceptors (Lipinski definition) is 3. The molecule has 0 aliphatic carbocycles. The molecule has 0 atom stereocenters. The van der Waals surface area contributed by atoms with Crippen LogP contribution in [0.4, 0.5) is 5.69 Å². The van der Waals surface area contributed by atoms with E-state index in [4.69, 9.17) is 11.1 Å². The molecule has 3 rings (SSSR count). The molecule has 0 radical (unpaired) electrons. The molecule has 0 amide bonds. The van der Waals surface area contributed by atoms with Gasteiger partial charge in [0.2, 0.25) is 0 Å². The number of hydrogen-bond donors (Lipinski definition) is 0. The first-order valence-corrected chi connectivity index (χ1v) is 18.8. The summed E-state index contributed by atoms with van der Waals surface area (Å²) in [5, 5.41) is 0. The van der Waals surface area contributed by atoms with Crippen molar-refractivity contribution in [2.45, 2.75) is 81.0 Å². The Labute approximate surface area is 201 Å².